The maximum atomic E-state index is 12.5. The monoisotopic (exact) mass is 415 g/mol. The van der Waals surface area contributed by atoms with E-state index in [-0.39, 0.29) is 30.0 Å². The molecular formula is C20H18ClN3O3S. The van der Waals surface area contributed by atoms with E-state index in [0.29, 0.717) is 21.8 Å². The Balaban J connectivity index is 1.36. The van der Waals surface area contributed by atoms with Crippen LogP contribution in [0.4, 0.5) is 5.13 Å². The van der Waals surface area contributed by atoms with Crippen LogP contribution in [0.5, 0.6) is 0 Å². The van der Waals surface area contributed by atoms with Gasteiger partial charge in [0.2, 0.25) is 5.91 Å². The smallest absolute Gasteiger partial charge is 0.293 e. The Morgan fingerprint density at radius 1 is 1.25 bits per heavy atom. The highest BCUT2D eigenvalue weighted by atomic mass is 35.5. The molecule has 1 fully saturated rings. The van der Waals surface area contributed by atoms with E-state index in [1.165, 1.54) is 17.6 Å². The molecule has 1 saturated carbocycles. The van der Waals surface area contributed by atoms with Crippen molar-refractivity contribution in [3.63, 3.8) is 0 Å². The first kappa shape index (κ1) is 18.7. The fourth-order valence-electron chi connectivity index (χ4n) is 2.97. The maximum absolute atomic E-state index is 12.5. The lowest BCUT2D eigenvalue weighted by molar-refractivity contribution is -0.121. The summed E-state index contributed by atoms with van der Waals surface area (Å²) >= 11 is 7.24. The van der Waals surface area contributed by atoms with Crippen LogP contribution < -0.4 is 10.6 Å². The number of nitrogens with one attached hydrogen (secondary N) is 2. The lowest BCUT2D eigenvalue weighted by Gasteiger charge is -2.18. The highest BCUT2D eigenvalue weighted by molar-refractivity contribution is 7.14. The molecule has 0 saturated heterocycles. The first-order valence-electron chi connectivity index (χ1n) is 8.92. The minimum absolute atomic E-state index is 0.0125. The topological polar surface area (TPSA) is 84.2 Å². The van der Waals surface area contributed by atoms with Gasteiger partial charge in [-0.05, 0) is 48.6 Å². The molecule has 2 amide bonds. The highest BCUT2D eigenvalue weighted by Crippen LogP contribution is 2.41. The number of hydrogen-bond donors (Lipinski definition) is 2. The third-order valence-electron chi connectivity index (χ3n) is 4.50. The van der Waals surface area contributed by atoms with Crippen LogP contribution in [-0.2, 0) is 11.2 Å². The summed E-state index contributed by atoms with van der Waals surface area (Å²) in [6, 6.07) is 10.8. The molecule has 1 atom stereocenters. The van der Waals surface area contributed by atoms with Gasteiger partial charge in [-0.3, -0.25) is 14.9 Å². The molecule has 1 aliphatic carbocycles. The van der Waals surface area contributed by atoms with Crippen LogP contribution in [0.2, 0.25) is 5.02 Å². The molecular weight excluding hydrogens is 398 g/mol. The third kappa shape index (κ3) is 4.61. The van der Waals surface area contributed by atoms with Gasteiger partial charge in [-0.1, -0.05) is 23.7 Å². The van der Waals surface area contributed by atoms with Gasteiger partial charge in [0.05, 0.1) is 24.4 Å². The van der Waals surface area contributed by atoms with E-state index in [1.54, 1.807) is 17.5 Å². The van der Waals surface area contributed by atoms with E-state index >= 15 is 0 Å². The zero-order valence-corrected chi connectivity index (χ0v) is 16.4. The van der Waals surface area contributed by atoms with Gasteiger partial charge < -0.3 is 9.73 Å². The first-order valence-corrected chi connectivity index (χ1v) is 10.2. The number of benzene rings is 1. The van der Waals surface area contributed by atoms with E-state index < -0.39 is 0 Å². The van der Waals surface area contributed by atoms with Crippen molar-refractivity contribution < 1.29 is 14.0 Å². The standard InChI is InChI=1S/C20H18ClN3O3S/c21-14-7-5-13(6-8-14)18(12-3-4-12)23-17(25)10-15-11-28-20(22-15)24-19(26)16-2-1-9-27-16/h1-2,5-9,11-12,18H,3-4,10H2,(H,23,25)(H,22,24,26). The average Bonchev–Trinajstić information content (AvgIpc) is 3.18. The number of thiazole rings is 1. The van der Waals surface area contributed by atoms with Crippen LogP contribution in [0.25, 0.3) is 0 Å². The third-order valence-corrected chi connectivity index (χ3v) is 5.56. The first-order chi connectivity index (χ1) is 13.6. The maximum Gasteiger partial charge on any atom is 0.293 e. The summed E-state index contributed by atoms with van der Waals surface area (Å²) in [6.07, 6.45) is 3.80. The van der Waals surface area contributed by atoms with Crippen LogP contribution in [-0.4, -0.2) is 16.8 Å². The molecule has 1 aromatic carbocycles. The Hall–Kier alpha value is -2.64. The fraction of sp³-hybridized carbons (Fsp3) is 0.250. The predicted octanol–water partition coefficient (Wildman–Crippen LogP) is 4.45. The molecule has 8 heteroatoms. The molecule has 1 unspecified atom stereocenters. The molecule has 1 aliphatic rings. The second-order valence-corrected chi connectivity index (χ2v) is 7.98. The summed E-state index contributed by atoms with van der Waals surface area (Å²) in [5.41, 5.74) is 1.67. The van der Waals surface area contributed by atoms with Gasteiger partial charge in [0, 0.05) is 10.4 Å². The summed E-state index contributed by atoms with van der Waals surface area (Å²) in [7, 11) is 0. The zero-order valence-electron chi connectivity index (χ0n) is 14.9. The molecule has 3 aromatic rings. The van der Waals surface area contributed by atoms with E-state index in [0.717, 1.165) is 18.4 Å². The Labute approximate surface area is 170 Å². The van der Waals surface area contributed by atoms with Gasteiger partial charge in [0.25, 0.3) is 5.91 Å². The molecule has 6 nitrogen and oxygen atoms in total. The molecule has 0 bridgehead atoms. The van der Waals surface area contributed by atoms with Crippen molar-refractivity contribution in [3.8, 4) is 0 Å². The Morgan fingerprint density at radius 2 is 2.04 bits per heavy atom. The number of furan rings is 1. The Morgan fingerprint density at radius 3 is 2.71 bits per heavy atom. The minimum Gasteiger partial charge on any atom is -0.459 e. The lowest BCUT2D eigenvalue weighted by atomic mass is 10.0. The van der Waals surface area contributed by atoms with Crippen molar-refractivity contribution in [2.24, 2.45) is 5.92 Å². The number of rotatable bonds is 7. The number of amides is 2. The highest BCUT2D eigenvalue weighted by Gasteiger charge is 2.33. The van der Waals surface area contributed by atoms with Gasteiger partial charge in [-0.15, -0.1) is 11.3 Å². The van der Waals surface area contributed by atoms with E-state index in [2.05, 4.69) is 15.6 Å². The quantitative estimate of drug-likeness (QED) is 0.597. The zero-order chi connectivity index (χ0) is 19.5. The molecule has 2 heterocycles. The van der Waals surface area contributed by atoms with Crippen molar-refractivity contribution in [1.82, 2.24) is 10.3 Å². The van der Waals surface area contributed by atoms with E-state index in [4.69, 9.17) is 16.0 Å². The molecule has 2 aromatic heterocycles. The van der Waals surface area contributed by atoms with Gasteiger partial charge in [0.15, 0.2) is 10.9 Å². The van der Waals surface area contributed by atoms with E-state index in [1.807, 2.05) is 24.3 Å². The van der Waals surface area contributed by atoms with Crippen LogP contribution in [0.3, 0.4) is 0 Å². The minimum atomic E-state index is -0.369. The molecule has 0 spiro atoms. The van der Waals surface area contributed by atoms with Gasteiger partial charge in [0.1, 0.15) is 0 Å². The summed E-state index contributed by atoms with van der Waals surface area (Å²) in [4.78, 5) is 28.8. The van der Waals surface area contributed by atoms with Gasteiger partial charge in [-0.25, -0.2) is 4.98 Å². The SMILES string of the molecule is O=C(Cc1csc(NC(=O)c2ccco2)n1)NC(c1ccc(Cl)cc1)C1CC1. The fourth-order valence-corrected chi connectivity index (χ4v) is 3.81. The number of carbonyl (C=O) groups is 2. The molecule has 0 radical (unpaired) electrons. The molecule has 2 N–H and O–H groups in total. The van der Waals surface area contributed by atoms with Crippen LogP contribution in [0, 0.1) is 5.92 Å². The number of nitrogens with zero attached hydrogens (tertiary/aromatic N) is 1. The Kier molecular flexibility index (Phi) is 5.45. The summed E-state index contributed by atoms with van der Waals surface area (Å²) in [5, 5.41) is 8.66. The second kappa shape index (κ2) is 8.16. The summed E-state index contributed by atoms with van der Waals surface area (Å²) < 4.78 is 5.05. The number of hydrogen-bond acceptors (Lipinski definition) is 5. The normalized spacial score (nSPS) is 14.5. The van der Waals surface area contributed by atoms with Crippen molar-refractivity contribution in [1.29, 1.82) is 0 Å². The number of anilines is 1. The van der Waals surface area contributed by atoms with Crippen molar-refractivity contribution in [2.45, 2.75) is 25.3 Å². The van der Waals surface area contributed by atoms with Crippen LogP contribution in [0.1, 0.15) is 40.7 Å². The molecule has 144 valence electrons. The van der Waals surface area contributed by atoms with Crippen LogP contribution >= 0.6 is 22.9 Å². The van der Waals surface area contributed by atoms with Crippen molar-refractivity contribution in [3.05, 3.63) is 70.1 Å². The summed E-state index contributed by atoms with van der Waals surface area (Å²) in [6.45, 7) is 0. The largest absolute Gasteiger partial charge is 0.459 e. The van der Waals surface area contributed by atoms with Crippen molar-refractivity contribution in [2.75, 3.05) is 5.32 Å². The average molecular weight is 416 g/mol. The number of halogens is 1. The van der Waals surface area contributed by atoms with E-state index in [9.17, 15) is 9.59 Å². The van der Waals surface area contributed by atoms with Crippen molar-refractivity contribution >= 4 is 39.9 Å². The molecule has 4 rings (SSSR count). The van der Waals surface area contributed by atoms with Crippen LogP contribution in [0.15, 0.2) is 52.5 Å². The van der Waals surface area contributed by atoms with Gasteiger partial charge >= 0.3 is 0 Å². The molecule has 0 aliphatic heterocycles. The lowest BCUT2D eigenvalue weighted by Crippen LogP contribution is -2.31. The second-order valence-electron chi connectivity index (χ2n) is 6.69. The van der Waals surface area contributed by atoms with Gasteiger partial charge in [-0.2, -0.15) is 0 Å². The molecule has 28 heavy (non-hydrogen) atoms. The number of aromatic nitrogens is 1. The Bertz CT molecular complexity index is 965. The number of carbonyl (C=O) groups excluding carboxylic acids is 2. The summed E-state index contributed by atoms with van der Waals surface area (Å²) in [5.74, 6) is 0.210. The predicted molar refractivity (Wildman–Crippen MR) is 108 cm³/mol.